The predicted molar refractivity (Wildman–Crippen MR) is 80.7 cm³/mol. The van der Waals surface area contributed by atoms with E-state index in [1.54, 1.807) is 24.3 Å². The number of ether oxygens (including phenoxy) is 1. The Morgan fingerprint density at radius 2 is 1.70 bits per heavy atom. The van der Waals surface area contributed by atoms with Crippen molar-refractivity contribution in [1.29, 1.82) is 0 Å². The molecule has 0 bridgehead atoms. The molecule has 3 heteroatoms. The van der Waals surface area contributed by atoms with Gasteiger partial charge in [0.05, 0.1) is 18.8 Å². The molecule has 0 spiro atoms. The third kappa shape index (κ3) is 5.74. The van der Waals surface area contributed by atoms with Crippen molar-refractivity contribution >= 4 is 5.97 Å². The highest BCUT2D eigenvalue weighted by Crippen LogP contribution is 2.21. The average molecular weight is 278 g/mol. The molecule has 0 aliphatic rings. The molecule has 3 nitrogen and oxygen atoms in total. The molecule has 0 saturated heterocycles. The maximum atomic E-state index is 11.3. The first-order valence-corrected chi connectivity index (χ1v) is 7.55. The molecule has 0 saturated carbocycles. The molecule has 1 N–H and O–H groups in total. The number of methoxy groups -OCH3 is 1. The van der Waals surface area contributed by atoms with E-state index in [0.717, 1.165) is 18.4 Å². The molecule has 0 heterocycles. The first-order chi connectivity index (χ1) is 9.69. The van der Waals surface area contributed by atoms with Crippen molar-refractivity contribution in [2.75, 3.05) is 7.11 Å². The van der Waals surface area contributed by atoms with Gasteiger partial charge < -0.3 is 9.84 Å². The molecule has 1 unspecified atom stereocenters. The van der Waals surface area contributed by atoms with Crippen LogP contribution in [0, 0.1) is 0 Å². The van der Waals surface area contributed by atoms with Gasteiger partial charge in [0, 0.05) is 0 Å². The number of esters is 1. The fraction of sp³-hybridized carbons (Fsp3) is 0.588. The van der Waals surface area contributed by atoms with Crippen LogP contribution < -0.4 is 0 Å². The number of aliphatic hydroxyl groups is 1. The first kappa shape index (κ1) is 16.7. The molecule has 1 aromatic rings. The van der Waals surface area contributed by atoms with E-state index in [9.17, 15) is 9.90 Å². The number of carbonyl (C=O) groups is 1. The zero-order valence-electron chi connectivity index (χ0n) is 12.6. The van der Waals surface area contributed by atoms with E-state index in [2.05, 4.69) is 11.7 Å². The van der Waals surface area contributed by atoms with Gasteiger partial charge in [0.1, 0.15) is 0 Å². The van der Waals surface area contributed by atoms with Crippen molar-refractivity contribution in [1.82, 2.24) is 0 Å². The maximum absolute atomic E-state index is 11.3. The van der Waals surface area contributed by atoms with E-state index < -0.39 is 6.10 Å². The number of unbranched alkanes of at least 4 members (excludes halogenated alkanes) is 5. The third-order valence-corrected chi connectivity index (χ3v) is 3.55. The first-order valence-electron chi connectivity index (χ1n) is 7.55. The van der Waals surface area contributed by atoms with Crippen molar-refractivity contribution in [2.24, 2.45) is 0 Å². The minimum absolute atomic E-state index is 0.345. The van der Waals surface area contributed by atoms with E-state index in [1.807, 2.05) is 0 Å². The summed E-state index contributed by atoms with van der Waals surface area (Å²) in [6.45, 7) is 2.21. The van der Waals surface area contributed by atoms with Crippen molar-refractivity contribution < 1.29 is 14.6 Å². The highest BCUT2D eigenvalue weighted by Gasteiger charge is 2.09. The van der Waals surface area contributed by atoms with Gasteiger partial charge in [-0.1, -0.05) is 57.6 Å². The zero-order chi connectivity index (χ0) is 14.8. The van der Waals surface area contributed by atoms with Crippen molar-refractivity contribution in [2.45, 2.75) is 58.0 Å². The molecule has 0 aliphatic carbocycles. The summed E-state index contributed by atoms with van der Waals surface area (Å²) in [5, 5.41) is 10.1. The summed E-state index contributed by atoms with van der Waals surface area (Å²) in [4.78, 5) is 11.3. The van der Waals surface area contributed by atoms with Crippen molar-refractivity contribution in [3.63, 3.8) is 0 Å². The van der Waals surface area contributed by atoms with Crippen molar-refractivity contribution in [3.05, 3.63) is 35.4 Å². The summed E-state index contributed by atoms with van der Waals surface area (Å²) in [6.07, 6.45) is 7.67. The van der Waals surface area contributed by atoms with Gasteiger partial charge in [-0.2, -0.15) is 0 Å². The van der Waals surface area contributed by atoms with Crippen LogP contribution in [0.3, 0.4) is 0 Å². The summed E-state index contributed by atoms with van der Waals surface area (Å²) in [7, 11) is 1.36. The van der Waals surface area contributed by atoms with E-state index in [0.29, 0.717) is 5.56 Å². The number of hydrogen-bond acceptors (Lipinski definition) is 3. The summed E-state index contributed by atoms with van der Waals surface area (Å²) in [6, 6.07) is 7.00. The lowest BCUT2D eigenvalue weighted by molar-refractivity contribution is 0.0600. The Hall–Kier alpha value is -1.35. The van der Waals surface area contributed by atoms with Gasteiger partial charge in [0.2, 0.25) is 0 Å². The minimum atomic E-state index is -0.437. The van der Waals surface area contributed by atoms with E-state index >= 15 is 0 Å². The van der Waals surface area contributed by atoms with Crippen LogP contribution in [0.5, 0.6) is 0 Å². The molecular weight excluding hydrogens is 252 g/mol. The van der Waals surface area contributed by atoms with Gasteiger partial charge in [-0.25, -0.2) is 4.79 Å². The second-order valence-electron chi connectivity index (χ2n) is 5.19. The Kier molecular flexibility index (Phi) is 7.97. The number of aliphatic hydroxyl groups excluding tert-OH is 1. The Bertz CT molecular complexity index is 384. The molecule has 20 heavy (non-hydrogen) atoms. The number of hydrogen-bond donors (Lipinski definition) is 1. The van der Waals surface area contributed by atoms with Crippen LogP contribution in [0.2, 0.25) is 0 Å². The second-order valence-corrected chi connectivity index (χ2v) is 5.19. The molecule has 1 aromatic carbocycles. The topological polar surface area (TPSA) is 46.5 Å². The highest BCUT2D eigenvalue weighted by atomic mass is 16.5. The van der Waals surface area contributed by atoms with Gasteiger partial charge in [0.25, 0.3) is 0 Å². The van der Waals surface area contributed by atoms with Crippen LogP contribution in [0.1, 0.15) is 73.9 Å². The SMILES string of the molecule is CCCCCCCCC(O)c1ccc(C(=O)OC)cc1. The lowest BCUT2D eigenvalue weighted by Gasteiger charge is -2.11. The number of rotatable bonds is 9. The summed E-state index contributed by atoms with van der Waals surface area (Å²) in [5.74, 6) is -0.345. The number of carbonyl (C=O) groups excluding carboxylic acids is 1. The quantitative estimate of drug-likeness (QED) is 0.542. The van der Waals surface area contributed by atoms with Crippen LogP contribution in [0.25, 0.3) is 0 Å². The van der Waals surface area contributed by atoms with E-state index in [4.69, 9.17) is 0 Å². The average Bonchev–Trinajstić information content (AvgIpc) is 2.50. The minimum Gasteiger partial charge on any atom is -0.465 e. The van der Waals surface area contributed by atoms with Crippen LogP contribution >= 0.6 is 0 Å². The molecule has 0 fully saturated rings. The molecule has 0 amide bonds. The zero-order valence-corrected chi connectivity index (χ0v) is 12.6. The predicted octanol–water partition coefficient (Wildman–Crippen LogP) is 4.26. The molecule has 0 radical (unpaired) electrons. The molecule has 0 aliphatic heterocycles. The fourth-order valence-electron chi connectivity index (χ4n) is 2.24. The van der Waals surface area contributed by atoms with Crippen LogP contribution in [0.4, 0.5) is 0 Å². The van der Waals surface area contributed by atoms with Gasteiger partial charge in [-0.3, -0.25) is 0 Å². The van der Waals surface area contributed by atoms with E-state index in [-0.39, 0.29) is 5.97 Å². The van der Waals surface area contributed by atoms with Gasteiger partial charge in [0.15, 0.2) is 0 Å². The second kappa shape index (κ2) is 9.54. The summed E-state index contributed by atoms with van der Waals surface area (Å²) >= 11 is 0. The van der Waals surface area contributed by atoms with Crippen LogP contribution in [-0.4, -0.2) is 18.2 Å². The lowest BCUT2D eigenvalue weighted by Crippen LogP contribution is -2.02. The van der Waals surface area contributed by atoms with Crippen LogP contribution in [-0.2, 0) is 4.74 Å². The van der Waals surface area contributed by atoms with Gasteiger partial charge in [-0.05, 0) is 24.1 Å². The van der Waals surface area contributed by atoms with Gasteiger partial charge in [-0.15, -0.1) is 0 Å². The lowest BCUT2D eigenvalue weighted by atomic mass is 10.0. The molecular formula is C17H26O3. The standard InChI is InChI=1S/C17H26O3/c1-3-4-5-6-7-8-9-16(18)14-10-12-15(13-11-14)17(19)20-2/h10-13,16,18H,3-9H2,1-2H3. The Labute approximate surface area is 122 Å². The molecule has 112 valence electrons. The molecule has 1 rings (SSSR count). The largest absolute Gasteiger partial charge is 0.465 e. The monoisotopic (exact) mass is 278 g/mol. The maximum Gasteiger partial charge on any atom is 0.337 e. The Balaban J connectivity index is 2.32. The Morgan fingerprint density at radius 1 is 1.10 bits per heavy atom. The summed E-state index contributed by atoms with van der Waals surface area (Å²) in [5.41, 5.74) is 1.38. The Morgan fingerprint density at radius 3 is 2.30 bits per heavy atom. The molecule has 0 aromatic heterocycles. The number of benzene rings is 1. The molecule has 1 atom stereocenters. The third-order valence-electron chi connectivity index (χ3n) is 3.55. The van der Waals surface area contributed by atoms with Gasteiger partial charge >= 0.3 is 5.97 Å². The fourth-order valence-corrected chi connectivity index (χ4v) is 2.24. The normalized spacial score (nSPS) is 12.2. The van der Waals surface area contributed by atoms with Crippen LogP contribution in [0.15, 0.2) is 24.3 Å². The van der Waals surface area contributed by atoms with E-state index in [1.165, 1.54) is 39.2 Å². The highest BCUT2D eigenvalue weighted by molar-refractivity contribution is 5.89. The summed E-state index contributed by atoms with van der Waals surface area (Å²) < 4.78 is 4.65. The van der Waals surface area contributed by atoms with Crippen molar-refractivity contribution in [3.8, 4) is 0 Å². The smallest absolute Gasteiger partial charge is 0.337 e.